The molecule has 204 valence electrons. The lowest BCUT2D eigenvalue weighted by Crippen LogP contribution is -2.48. The van der Waals surface area contributed by atoms with Crippen molar-refractivity contribution in [3.05, 3.63) is 76.6 Å². The summed E-state index contributed by atoms with van der Waals surface area (Å²) in [5.74, 6) is 0.204. The van der Waals surface area contributed by atoms with E-state index in [2.05, 4.69) is 15.0 Å². The summed E-state index contributed by atoms with van der Waals surface area (Å²) in [6, 6.07) is 15.5. The van der Waals surface area contributed by atoms with Crippen molar-refractivity contribution in [2.45, 2.75) is 12.7 Å². The number of rotatable bonds is 6. The number of carbonyl (C=O) groups is 1. The first-order valence-electron chi connectivity index (χ1n) is 12.1. The molecule has 1 aliphatic rings. The van der Waals surface area contributed by atoms with Crippen LogP contribution in [0.15, 0.2) is 54.6 Å². The molecule has 0 aliphatic carbocycles. The van der Waals surface area contributed by atoms with E-state index in [1.54, 1.807) is 17.0 Å². The molecule has 8 nitrogen and oxygen atoms in total. The fraction of sp³-hybridized carbons (Fsp3) is 0.296. The highest BCUT2D eigenvalue weighted by atomic mass is 35.5. The second-order valence-electron chi connectivity index (χ2n) is 9.05. The number of methoxy groups -OCH3 is 2. The van der Waals surface area contributed by atoms with Gasteiger partial charge in [-0.05, 0) is 29.8 Å². The minimum absolute atomic E-state index is 0.00824. The number of amides is 1. The van der Waals surface area contributed by atoms with Crippen molar-refractivity contribution >= 4 is 23.2 Å². The van der Waals surface area contributed by atoms with Crippen molar-refractivity contribution in [3.63, 3.8) is 0 Å². The van der Waals surface area contributed by atoms with E-state index in [1.165, 1.54) is 20.3 Å². The summed E-state index contributed by atoms with van der Waals surface area (Å²) < 4.78 is 53.4. The van der Waals surface area contributed by atoms with E-state index in [0.29, 0.717) is 47.8 Å². The Morgan fingerprint density at radius 3 is 2.31 bits per heavy atom. The minimum Gasteiger partial charge on any atom is -0.493 e. The van der Waals surface area contributed by atoms with Gasteiger partial charge in [-0.15, -0.1) is 0 Å². The fourth-order valence-corrected chi connectivity index (χ4v) is 4.81. The van der Waals surface area contributed by atoms with E-state index in [4.69, 9.17) is 21.1 Å². The molecular formula is C27H25ClF3N5O3. The van der Waals surface area contributed by atoms with Crippen molar-refractivity contribution in [3.8, 4) is 22.8 Å². The second-order valence-corrected chi connectivity index (χ2v) is 9.42. The fourth-order valence-electron chi connectivity index (χ4n) is 4.57. The average molecular weight is 560 g/mol. The first-order valence-corrected chi connectivity index (χ1v) is 12.5. The standard InChI is InChI=1S/C27H25ClF3N5O3/c1-38-20-9-8-18(14-21(20)39-2)19-15-22(27(29,30)31)36-25(32-19)23(28)24(33-36)26(37)35-12-10-34(11-13-35)16-17-6-4-3-5-7-17/h3-9,14-15H,10-13,16H2,1-2H3. The van der Waals surface area contributed by atoms with Crippen LogP contribution in [0, 0.1) is 0 Å². The van der Waals surface area contributed by atoms with Crippen LogP contribution in [-0.2, 0) is 12.7 Å². The Balaban J connectivity index is 1.45. The summed E-state index contributed by atoms with van der Waals surface area (Å²) in [4.78, 5) is 21.4. The van der Waals surface area contributed by atoms with Gasteiger partial charge in [-0.2, -0.15) is 18.3 Å². The largest absolute Gasteiger partial charge is 0.493 e. The molecule has 12 heteroatoms. The minimum atomic E-state index is -4.79. The summed E-state index contributed by atoms with van der Waals surface area (Å²) in [7, 11) is 2.88. The molecule has 5 rings (SSSR count). The zero-order chi connectivity index (χ0) is 27.7. The van der Waals surface area contributed by atoms with Gasteiger partial charge in [0.15, 0.2) is 28.5 Å². The summed E-state index contributed by atoms with van der Waals surface area (Å²) in [6.45, 7) is 2.76. The number of benzene rings is 2. The van der Waals surface area contributed by atoms with E-state index >= 15 is 0 Å². The predicted octanol–water partition coefficient (Wildman–Crippen LogP) is 5.04. The maximum Gasteiger partial charge on any atom is 0.433 e. The number of ether oxygens (including phenoxy) is 2. The summed E-state index contributed by atoms with van der Waals surface area (Å²) in [5, 5.41) is 3.75. The number of piperazine rings is 1. The number of alkyl halides is 3. The molecule has 0 atom stereocenters. The highest BCUT2D eigenvalue weighted by Gasteiger charge is 2.37. The Hall–Kier alpha value is -3.83. The first kappa shape index (κ1) is 26.8. The van der Waals surface area contributed by atoms with E-state index < -0.39 is 17.8 Å². The molecule has 0 bridgehead atoms. The van der Waals surface area contributed by atoms with Crippen LogP contribution in [0.5, 0.6) is 11.5 Å². The lowest BCUT2D eigenvalue weighted by Gasteiger charge is -2.34. The average Bonchev–Trinajstić information content (AvgIpc) is 3.28. The quantitative estimate of drug-likeness (QED) is 0.329. The lowest BCUT2D eigenvalue weighted by atomic mass is 10.1. The zero-order valence-electron chi connectivity index (χ0n) is 21.2. The van der Waals surface area contributed by atoms with Gasteiger partial charge >= 0.3 is 6.18 Å². The highest BCUT2D eigenvalue weighted by Crippen LogP contribution is 2.37. The van der Waals surface area contributed by atoms with Crippen LogP contribution in [0.3, 0.4) is 0 Å². The Morgan fingerprint density at radius 2 is 1.67 bits per heavy atom. The van der Waals surface area contributed by atoms with Gasteiger partial charge < -0.3 is 14.4 Å². The number of hydrogen-bond acceptors (Lipinski definition) is 6. The Labute approximate surface area is 227 Å². The van der Waals surface area contributed by atoms with Crippen LogP contribution in [0.25, 0.3) is 16.9 Å². The van der Waals surface area contributed by atoms with Crippen molar-refractivity contribution < 1.29 is 27.4 Å². The van der Waals surface area contributed by atoms with E-state index in [0.717, 1.165) is 18.2 Å². The number of hydrogen-bond donors (Lipinski definition) is 0. The van der Waals surface area contributed by atoms with Crippen LogP contribution >= 0.6 is 11.6 Å². The van der Waals surface area contributed by atoms with Crippen LogP contribution in [0.2, 0.25) is 5.02 Å². The van der Waals surface area contributed by atoms with Gasteiger partial charge in [0.1, 0.15) is 5.02 Å². The number of fused-ring (bicyclic) bond motifs is 1. The van der Waals surface area contributed by atoms with E-state index in [1.807, 2.05) is 30.3 Å². The van der Waals surface area contributed by atoms with Crippen molar-refractivity contribution in [1.82, 2.24) is 24.4 Å². The van der Waals surface area contributed by atoms with Crippen LogP contribution in [0.4, 0.5) is 13.2 Å². The Bertz CT molecular complexity index is 1500. The van der Waals surface area contributed by atoms with Gasteiger partial charge in [0.05, 0.1) is 19.9 Å². The molecule has 2 aromatic heterocycles. The third-order valence-electron chi connectivity index (χ3n) is 6.61. The zero-order valence-corrected chi connectivity index (χ0v) is 22.0. The van der Waals surface area contributed by atoms with E-state index in [-0.39, 0.29) is 22.1 Å². The molecule has 4 aromatic rings. The van der Waals surface area contributed by atoms with Gasteiger partial charge in [-0.3, -0.25) is 9.69 Å². The number of halogens is 4. The normalized spacial score (nSPS) is 14.6. The maximum absolute atomic E-state index is 14.1. The third kappa shape index (κ3) is 5.37. The van der Waals surface area contributed by atoms with Crippen LogP contribution < -0.4 is 9.47 Å². The van der Waals surface area contributed by atoms with Crippen LogP contribution in [-0.4, -0.2) is 70.7 Å². The van der Waals surface area contributed by atoms with E-state index in [9.17, 15) is 18.0 Å². The molecule has 0 spiro atoms. The smallest absolute Gasteiger partial charge is 0.433 e. The lowest BCUT2D eigenvalue weighted by molar-refractivity contribution is -0.142. The summed E-state index contributed by atoms with van der Waals surface area (Å²) >= 11 is 6.48. The van der Waals surface area contributed by atoms with Gasteiger partial charge in [0.25, 0.3) is 5.91 Å². The molecule has 0 N–H and O–H groups in total. The monoisotopic (exact) mass is 559 g/mol. The molecule has 1 fully saturated rings. The third-order valence-corrected chi connectivity index (χ3v) is 6.96. The van der Waals surface area contributed by atoms with Crippen molar-refractivity contribution in [2.24, 2.45) is 0 Å². The molecule has 3 heterocycles. The molecule has 1 amide bonds. The molecule has 0 unspecified atom stereocenters. The molecule has 0 saturated carbocycles. The Kier molecular flexibility index (Phi) is 7.37. The molecular weight excluding hydrogens is 535 g/mol. The summed E-state index contributed by atoms with van der Waals surface area (Å²) in [5.41, 5.74) is -0.132. The van der Waals surface area contributed by atoms with Crippen LogP contribution in [0.1, 0.15) is 21.7 Å². The van der Waals surface area contributed by atoms with Gasteiger partial charge in [0, 0.05) is 38.3 Å². The number of aromatic nitrogens is 3. The number of nitrogens with zero attached hydrogens (tertiary/aromatic N) is 5. The number of carbonyl (C=O) groups excluding carboxylic acids is 1. The molecule has 1 aliphatic heterocycles. The van der Waals surface area contributed by atoms with Gasteiger partial charge in [-0.1, -0.05) is 41.9 Å². The molecule has 2 aromatic carbocycles. The first-order chi connectivity index (χ1) is 18.7. The SMILES string of the molecule is COc1ccc(-c2cc(C(F)(F)F)n3nc(C(=O)N4CCN(Cc5ccccc5)CC4)c(Cl)c3n2)cc1OC. The summed E-state index contributed by atoms with van der Waals surface area (Å²) in [6.07, 6.45) is -4.79. The molecule has 0 radical (unpaired) electrons. The van der Waals surface area contributed by atoms with Gasteiger partial charge in [-0.25, -0.2) is 9.50 Å². The second kappa shape index (κ2) is 10.7. The predicted molar refractivity (Wildman–Crippen MR) is 139 cm³/mol. The van der Waals surface area contributed by atoms with Crippen molar-refractivity contribution in [2.75, 3.05) is 40.4 Å². The van der Waals surface area contributed by atoms with Crippen molar-refractivity contribution in [1.29, 1.82) is 0 Å². The van der Waals surface area contributed by atoms with Gasteiger partial charge in [0.2, 0.25) is 0 Å². The maximum atomic E-state index is 14.1. The highest BCUT2D eigenvalue weighted by molar-refractivity contribution is 6.36. The molecule has 1 saturated heterocycles. The topological polar surface area (TPSA) is 72.2 Å². The molecule has 39 heavy (non-hydrogen) atoms. The Morgan fingerprint density at radius 1 is 0.974 bits per heavy atom.